The maximum atomic E-state index is 12.3. The predicted molar refractivity (Wildman–Crippen MR) is 72.1 cm³/mol. The van der Waals surface area contributed by atoms with Gasteiger partial charge in [-0.15, -0.1) is 0 Å². The monoisotopic (exact) mass is 264 g/mol. The molecular weight excluding hydrogens is 244 g/mol. The molecule has 5 nitrogen and oxygen atoms in total. The van der Waals surface area contributed by atoms with Crippen LogP contribution in [-0.2, 0) is 16.0 Å². The van der Waals surface area contributed by atoms with Gasteiger partial charge in [0.15, 0.2) is 0 Å². The molecule has 5 heteroatoms. The fraction of sp³-hybridized carbons (Fsp3) is 0.500. The van der Waals surface area contributed by atoms with E-state index in [1.165, 1.54) is 0 Å². The van der Waals surface area contributed by atoms with Crippen molar-refractivity contribution in [2.24, 2.45) is 5.73 Å². The molecule has 104 valence electrons. The second kappa shape index (κ2) is 6.54. The highest BCUT2D eigenvalue weighted by Gasteiger charge is 2.23. The highest BCUT2D eigenvalue weighted by atomic mass is 16.5. The van der Waals surface area contributed by atoms with E-state index in [0.29, 0.717) is 32.7 Å². The zero-order valence-corrected chi connectivity index (χ0v) is 11.2. The molecule has 0 aromatic heterocycles. The fourth-order valence-corrected chi connectivity index (χ4v) is 2.21. The number of carbonyl (C=O) groups is 1. The Labute approximate surface area is 113 Å². The number of benzene rings is 1. The van der Waals surface area contributed by atoms with E-state index >= 15 is 0 Å². The van der Waals surface area contributed by atoms with Gasteiger partial charge in [-0.2, -0.15) is 0 Å². The van der Waals surface area contributed by atoms with Crippen LogP contribution in [0.1, 0.15) is 5.56 Å². The molecule has 1 amide bonds. The van der Waals surface area contributed by atoms with Crippen LogP contribution in [0.2, 0.25) is 0 Å². The fourth-order valence-electron chi connectivity index (χ4n) is 2.21. The van der Waals surface area contributed by atoms with Crippen LogP contribution in [0, 0.1) is 0 Å². The number of carbonyl (C=O) groups excluding carboxylic acids is 1. The van der Waals surface area contributed by atoms with Crippen molar-refractivity contribution in [1.29, 1.82) is 0 Å². The number of rotatable bonds is 4. The summed E-state index contributed by atoms with van der Waals surface area (Å²) in [4.78, 5) is 14.1. The van der Waals surface area contributed by atoms with Crippen LogP contribution in [0.15, 0.2) is 24.3 Å². The van der Waals surface area contributed by atoms with E-state index in [4.69, 9.17) is 15.2 Å². The number of methoxy groups -OCH3 is 1. The average Bonchev–Trinajstić information content (AvgIpc) is 2.47. The second-order valence-corrected chi connectivity index (χ2v) is 4.56. The molecular formula is C14H20N2O3. The molecule has 0 aliphatic carbocycles. The van der Waals surface area contributed by atoms with Gasteiger partial charge in [0.1, 0.15) is 5.75 Å². The predicted octanol–water partition coefficient (Wildman–Crippen LogP) is 0.424. The molecule has 0 unspecified atom stereocenters. The van der Waals surface area contributed by atoms with Gasteiger partial charge in [-0.25, -0.2) is 0 Å². The van der Waals surface area contributed by atoms with Crippen molar-refractivity contribution in [3.05, 3.63) is 29.8 Å². The van der Waals surface area contributed by atoms with Crippen molar-refractivity contribution in [2.75, 3.05) is 33.4 Å². The smallest absolute Gasteiger partial charge is 0.227 e. The Morgan fingerprint density at radius 2 is 2.32 bits per heavy atom. The molecule has 2 N–H and O–H groups in total. The van der Waals surface area contributed by atoms with E-state index in [9.17, 15) is 4.79 Å². The molecule has 0 spiro atoms. The molecule has 0 bridgehead atoms. The molecule has 1 aromatic carbocycles. The van der Waals surface area contributed by atoms with E-state index in [1.54, 1.807) is 7.11 Å². The summed E-state index contributed by atoms with van der Waals surface area (Å²) in [6.45, 7) is 2.20. The van der Waals surface area contributed by atoms with Crippen molar-refractivity contribution in [3.8, 4) is 5.75 Å². The lowest BCUT2D eigenvalue weighted by Crippen LogP contribution is -2.48. The number of amides is 1. The summed E-state index contributed by atoms with van der Waals surface area (Å²) < 4.78 is 10.7. The first kappa shape index (κ1) is 13.8. The van der Waals surface area contributed by atoms with Gasteiger partial charge in [-0.05, 0) is 6.07 Å². The van der Waals surface area contributed by atoms with Crippen LogP contribution in [0.3, 0.4) is 0 Å². The molecule has 1 fully saturated rings. The Bertz CT molecular complexity index is 436. The Hall–Kier alpha value is -1.59. The van der Waals surface area contributed by atoms with E-state index in [0.717, 1.165) is 11.3 Å². The molecule has 0 saturated carbocycles. The molecule has 0 radical (unpaired) electrons. The first-order valence-corrected chi connectivity index (χ1v) is 6.46. The van der Waals surface area contributed by atoms with E-state index in [-0.39, 0.29) is 12.0 Å². The van der Waals surface area contributed by atoms with E-state index in [2.05, 4.69) is 0 Å². The molecule has 19 heavy (non-hydrogen) atoms. The lowest BCUT2D eigenvalue weighted by atomic mass is 10.1. The molecule has 2 rings (SSSR count). The molecule has 1 aromatic rings. The lowest BCUT2D eigenvalue weighted by Gasteiger charge is -2.32. The standard InChI is InChI=1S/C14H20N2O3/c1-18-13-5-3-2-4-11(13)8-14(17)16-6-7-19-12(9-15)10-16/h2-5,12H,6-10,15H2,1H3/t12-/m1/s1. The van der Waals surface area contributed by atoms with Crippen LogP contribution >= 0.6 is 0 Å². The molecule has 1 saturated heterocycles. The first-order chi connectivity index (χ1) is 9.24. The third-order valence-electron chi connectivity index (χ3n) is 3.29. The third-order valence-corrected chi connectivity index (χ3v) is 3.29. The van der Waals surface area contributed by atoms with Gasteiger partial charge in [0.05, 0.1) is 26.2 Å². The Kier molecular flexibility index (Phi) is 4.76. The third kappa shape index (κ3) is 3.45. The van der Waals surface area contributed by atoms with Gasteiger partial charge in [0.25, 0.3) is 0 Å². The highest BCUT2D eigenvalue weighted by Crippen LogP contribution is 2.19. The molecule has 1 aliphatic rings. The van der Waals surface area contributed by atoms with Crippen LogP contribution < -0.4 is 10.5 Å². The van der Waals surface area contributed by atoms with Crippen molar-refractivity contribution < 1.29 is 14.3 Å². The SMILES string of the molecule is COc1ccccc1CC(=O)N1CCO[C@H](CN)C1. The topological polar surface area (TPSA) is 64.8 Å². The number of hydrogen-bond acceptors (Lipinski definition) is 4. The molecule has 1 aliphatic heterocycles. The first-order valence-electron chi connectivity index (χ1n) is 6.46. The zero-order chi connectivity index (χ0) is 13.7. The number of nitrogens with zero attached hydrogens (tertiary/aromatic N) is 1. The lowest BCUT2D eigenvalue weighted by molar-refractivity contribution is -0.137. The maximum Gasteiger partial charge on any atom is 0.227 e. The van der Waals surface area contributed by atoms with Crippen molar-refractivity contribution in [1.82, 2.24) is 4.90 Å². The quantitative estimate of drug-likeness (QED) is 0.856. The van der Waals surface area contributed by atoms with Crippen LogP contribution in [0.5, 0.6) is 5.75 Å². The second-order valence-electron chi connectivity index (χ2n) is 4.56. The average molecular weight is 264 g/mol. The maximum absolute atomic E-state index is 12.3. The minimum atomic E-state index is -0.0460. The van der Waals surface area contributed by atoms with Gasteiger partial charge in [-0.1, -0.05) is 18.2 Å². The van der Waals surface area contributed by atoms with Crippen molar-refractivity contribution >= 4 is 5.91 Å². The normalized spacial score (nSPS) is 19.3. The minimum absolute atomic E-state index is 0.0460. The van der Waals surface area contributed by atoms with E-state index < -0.39 is 0 Å². The number of nitrogens with two attached hydrogens (primary N) is 1. The minimum Gasteiger partial charge on any atom is -0.496 e. The van der Waals surface area contributed by atoms with Crippen LogP contribution in [0.4, 0.5) is 0 Å². The summed E-state index contributed by atoms with van der Waals surface area (Å²) in [6, 6.07) is 7.58. The molecule has 1 atom stereocenters. The van der Waals surface area contributed by atoms with Gasteiger partial charge in [-0.3, -0.25) is 4.79 Å². The van der Waals surface area contributed by atoms with Crippen molar-refractivity contribution in [3.63, 3.8) is 0 Å². The summed E-state index contributed by atoms with van der Waals surface area (Å²) in [5, 5.41) is 0. The van der Waals surface area contributed by atoms with Crippen LogP contribution in [-0.4, -0.2) is 50.3 Å². The van der Waals surface area contributed by atoms with Crippen molar-refractivity contribution in [2.45, 2.75) is 12.5 Å². The number of para-hydroxylation sites is 1. The van der Waals surface area contributed by atoms with Gasteiger partial charge in [0.2, 0.25) is 5.91 Å². The Morgan fingerprint density at radius 1 is 1.53 bits per heavy atom. The largest absolute Gasteiger partial charge is 0.496 e. The molecule has 1 heterocycles. The summed E-state index contributed by atoms with van der Waals surface area (Å²) in [5.41, 5.74) is 6.49. The Morgan fingerprint density at radius 3 is 3.05 bits per heavy atom. The number of hydrogen-bond donors (Lipinski definition) is 1. The summed E-state index contributed by atoms with van der Waals surface area (Å²) in [6.07, 6.45) is 0.303. The summed E-state index contributed by atoms with van der Waals surface area (Å²) in [7, 11) is 1.61. The number of morpholine rings is 1. The zero-order valence-electron chi connectivity index (χ0n) is 11.2. The Balaban J connectivity index is 2.00. The van der Waals surface area contributed by atoms with E-state index in [1.807, 2.05) is 29.2 Å². The summed E-state index contributed by atoms with van der Waals surface area (Å²) in [5.74, 6) is 0.839. The summed E-state index contributed by atoms with van der Waals surface area (Å²) >= 11 is 0. The van der Waals surface area contributed by atoms with Gasteiger partial charge < -0.3 is 20.1 Å². The van der Waals surface area contributed by atoms with Gasteiger partial charge >= 0.3 is 0 Å². The van der Waals surface area contributed by atoms with Gasteiger partial charge in [0, 0.05) is 25.2 Å². The highest BCUT2D eigenvalue weighted by molar-refractivity contribution is 5.79. The number of ether oxygens (including phenoxy) is 2. The van der Waals surface area contributed by atoms with Crippen LogP contribution in [0.25, 0.3) is 0 Å².